The van der Waals surface area contributed by atoms with Crippen molar-refractivity contribution >= 4 is 17.8 Å². The molecule has 1 atom stereocenters. The van der Waals surface area contributed by atoms with Crippen LogP contribution in [0.4, 0.5) is 13.2 Å². The van der Waals surface area contributed by atoms with Gasteiger partial charge in [0.2, 0.25) is 0 Å². The van der Waals surface area contributed by atoms with E-state index in [1.165, 1.54) is 24.3 Å². The molecule has 7 nitrogen and oxygen atoms in total. The lowest BCUT2D eigenvalue weighted by Gasteiger charge is -2.34. The van der Waals surface area contributed by atoms with Crippen LogP contribution in [0.25, 0.3) is 0 Å². The second kappa shape index (κ2) is 6.45. The molecular formula is C15H13F3N2O5. The van der Waals surface area contributed by atoms with E-state index in [1.807, 2.05) is 0 Å². The van der Waals surface area contributed by atoms with Crippen LogP contribution in [0, 0.1) is 0 Å². The Morgan fingerprint density at radius 3 is 2.36 bits per heavy atom. The molecule has 0 N–H and O–H groups in total. The molecule has 0 saturated carbocycles. The molecule has 2 aliphatic rings. The minimum Gasteiger partial charge on any atom is -0.378 e. The lowest BCUT2D eigenvalue weighted by Crippen LogP contribution is -2.54. The van der Waals surface area contributed by atoms with Crippen LogP contribution in [0.3, 0.4) is 0 Å². The highest BCUT2D eigenvalue weighted by molar-refractivity contribution is 6.20. The van der Waals surface area contributed by atoms with Crippen LogP contribution in [0.5, 0.6) is 0 Å². The number of imide groups is 1. The lowest BCUT2D eigenvalue weighted by molar-refractivity contribution is -0.192. The predicted octanol–water partition coefficient (Wildman–Crippen LogP) is 1.00. The average molecular weight is 358 g/mol. The van der Waals surface area contributed by atoms with E-state index in [0.29, 0.717) is 0 Å². The third kappa shape index (κ3) is 3.49. The molecule has 10 heteroatoms. The van der Waals surface area contributed by atoms with Gasteiger partial charge in [0.1, 0.15) is 6.04 Å². The normalized spacial score (nSPS) is 21.4. The smallest absolute Gasteiger partial charge is 0.378 e. The molecule has 1 aromatic carbocycles. The Kier molecular flexibility index (Phi) is 4.48. The Morgan fingerprint density at radius 1 is 1.20 bits per heavy atom. The zero-order valence-electron chi connectivity index (χ0n) is 12.8. The van der Waals surface area contributed by atoms with Crippen molar-refractivity contribution < 1.29 is 37.1 Å². The van der Waals surface area contributed by atoms with Crippen molar-refractivity contribution in [2.24, 2.45) is 0 Å². The van der Waals surface area contributed by atoms with Crippen molar-refractivity contribution in [2.75, 3.05) is 26.3 Å². The number of alkyl halides is 3. The maximum Gasteiger partial charge on any atom is 0.401 e. The summed E-state index contributed by atoms with van der Waals surface area (Å²) in [7, 11) is 0. The molecule has 3 rings (SSSR count). The SMILES string of the molecule is O=C(ON1C(=O)c2ccccc2C1=O)C1COCCN1CC(F)(F)F. The van der Waals surface area contributed by atoms with Gasteiger partial charge in [-0.3, -0.25) is 14.5 Å². The van der Waals surface area contributed by atoms with Crippen molar-refractivity contribution in [1.82, 2.24) is 9.96 Å². The van der Waals surface area contributed by atoms with Crippen molar-refractivity contribution in [1.29, 1.82) is 0 Å². The topological polar surface area (TPSA) is 76.1 Å². The number of rotatable bonds is 3. The highest BCUT2D eigenvalue weighted by Crippen LogP contribution is 2.24. The zero-order chi connectivity index (χ0) is 18.2. The van der Waals surface area contributed by atoms with Gasteiger partial charge in [-0.2, -0.15) is 13.2 Å². The van der Waals surface area contributed by atoms with Crippen LogP contribution in [0.1, 0.15) is 20.7 Å². The number of hydroxylamine groups is 2. The summed E-state index contributed by atoms with van der Waals surface area (Å²) < 4.78 is 42.9. The fourth-order valence-corrected chi connectivity index (χ4v) is 2.68. The Bertz CT molecular complexity index is 686. The van der Waals surface area contributed by atoms with E-state index < -0.39 is 36.5 Å². The number of benzene rings is 1. The van der Waals surface area contributed by atoms with Gasteiger partial charge in [0, 0.05) is 6.54 Å². The monoisotopic (exact) mass is 358 g/mol. The highest BCUT2D eigenvalue weighted by atomic mass is 19.4. The first-order chi connectivity index (χ1) is 11.8. The van der Waals surface area contributed by atoms with Gasteiger partial charge >= 0.3 is 12.1 Å². The van der Waals surface area contributed by atoms with Gasteiger partial charge in [0.25, 0.3) is 11.8 Å². The first-order valence-electron chi connectivity index (χ1n) is 7.36. The fraction of sp³-hybridized carbons (Fsp3) is 0.400. The highest BCUT2D eigenvalue weighted by Gasteiger charge is 2.43. The zero-order valence-corrected chi connectivity index (χ0v) is 12.8. The summed E-state index contributed by atoms with van der Waals surface area (Å²) in [6, 6.07) is 4.50. The number of morpholine rings is 1. The van der Waals surface area contributed by atoms with E-state index >= 15 is 0 Å². The number of halogens is 3. The van der Waals surface area contributed by atoms with E-state index in [-0.39, 0.29) is 35.9 Å². The predicted molar refractivity (Wildman–Crippen MR) is 75.3 cm³/mol. The molecule has 1 fully saturated rings. The Hall–Kier alpha value is -2.46. The molecule has 1 saturated heterocycles. The third-order valence-electron chi connectivity index (χ3n) is 3.83. The second-order valence-electron chi connectivity index (χ2n) is 5.54. The summed E-state index contributed by atoms with van der Waals surface area (Å²) >= 11 is 0. The van der Waals surface area contributed by atoms with Gasteiger partial charge < -0.3 is 9.57 Å². The molecule has 134 valence electrons. The minimum absolute atomic E-state index is 0.0346. The van der Waals surface area contributed by atoms with Crippen molar-refractivity contribution in [3.8, 4) is 0 Å². The van der Waals surface area contributed by atoms with Crippen LogP contribution in [-0.2, 0) is 14.4 Å². The molecule has 0 aromatic heterocycles. The first-order valence-corrected chi connectivity index (χ1v) is 7.36. The molecule has 0 spiro atoms. The number of amides is 2. The van der Waals surface area contributed by atoms with Crippen LogP contribution in [0.15, 0.2) is 24.3 Å². The lowest BCUT2D eigenvalue weighted by atomic mass is 10.1. The molecule has 2 amide bonds. The van der Waals surface area contributed by atoms with E-state index in [0.717, 1.165) is 4.90 Å². The van der Waals surface area contributed by atoms with Gasteiger partial charge in [-0.1, -0.05) is 17.2 Å². The van der Waals surface area contributed by atoms with Crippen LogP contribution >= 0.6 is 0 Å². The third-order valence-corrected chi connectivity index (χ3v) is 3.83. The average Bonchev–Trinajstić information content (AvgIpc) is 2.79. The molecule has 0 bridgehead atoms. The van der Waals surface area contributed by atoms with Gasteiger partial charge in [0.05, 0.1) is 30.9 Å². The molecule has 1 aromatic rings. The summed E-state index contributed by atoms with van der Waals surface area (Å²) in [5.74, 6) is -2.83. The number of hydrogen-bond donors (Lipinski definition) is 0. The van der Waals surface area contributed by atoms with E-state index in [9.17, 15) is 27.6 Å². The summed E-state index contributed by atoms with van der Waals surface area (Å²) in [6.45, 7) is -1.73. The van der Waals surface area contributed by atoms with Gasteiger partial charge in [0.15, 0.2) is 0 Å². The van der Waals surface area contributed by atoms with Crippen molar-refractivity contribution in [3.05, 3.63) is 35.4 Å². The molecular weight excluding hydrogens is 345 g/mol. The first kappa shape index (κ1) is 17.4. The van der Waals surface area contributed by atoms with E-state index in [2.05, 4.69) is 0 Å². The van der Waals surface area contributed by atoms with Crippen LogP contribution in [-0.4, -0.2) is 66.3 Å². The Labute approximate surface area is 139 Å². The van der Waals surface area contributed by atoms with Crippen molar-refractivity contribution in [2.45, 2.75) is 12.2 Å². The second-order valence-corrected chi connectivity index (χ2v) is 5.54. The number of nitrogens with zero attached hydrogens (tertiary/aromatic N) is 2. The maximum atomic E-state index is 12.6. The maximum absolute atomic E-state index is 12.6. The molecule has 25 heavy (non-hydrogen) atoms. The molecule has 2 heterocycles. The summed E-state index contributed by atoms with van der Waals surface area (Å²) in [5.41, 5.74) is 0.125. The molecule has 2 aliphatic heterocycles. The fourth-order valence-electron chi connectivity index (χ4n) is 2.68. The van der Waals surface area contributed by atoms with Crippen molar-refractivity contribution in [3.63, 3.8) is 0 Å². The number of carbonyl (C=O) groups is 3. The van der Waals surface area contributed by atoms with Crippen LogP contribution in [0.2, 0.25) is 0 Å². The summed E-state index contributed by atoms with van der Waals surface area (Å²) in [6.07, 6.45) is -4.51. The summed E-state index contributed by atoms with van der Waals surface area (Å²) in [4.78, 5) is 42.2. The van der Waals surface area contributed by atoms with Gasteiger partial charge in [-0.05, 0) is 12.1 Å². The standard InChI is InChI=1S/C15H13F3N2O5/c16-15(17,18)8-19-5-6-24-7-11(19)14(23)25-20-12(21)9-3-1-2-4-10(9)13(20)22/h1-4,11H,5-8H2. The Balaban J connectivity index is 1.73. The van der Waals surface area contributed by atoms with E-state index in [4.69, 9.17) is 9.57 Å². The summed E-state index contributed by atoms with van der Waals surface area (Å²) in [5, 5.41) is 0.271. The quantitative estimate of drug-likeness (QED) is 0.751. The van der Waals surface area contributed by atoms with E-state index in [1.54, 1.807) is 0 Å². The number of hydrogen-bond acceptors (Lipinski definition) is 6. The molecule has 1 unspecified atom stereocenters. The van der Waals surface area contributed by atoms with Gasteiger partial charge in [-0.25, -0.2) is 4.79 Å². The number of fused-ring (bicyclic) bond motifs is 1. The Morgan fingerprint density at radius 2 is 1.80 bits per heavy atom. The molecule has 0 radical (unpaired) electrons. The largest absolute Gasteiger partial charge is 0.401 e. The number of carbonyl (C=O) groups excluding carboxylic acids is 3. The minimum atomic E-state index is -4.51. The van der Waals surface area contributed by atoms with Crippen LogP contribution < -0.4 is 0 Å². The number of ether oxygens (including phenoxy) is 1. The van der Waals surface area contributed by atoms with Gasteiger partial charge in [-0.15, -0.1) is 0 Å². The molecule has 0 aliphatic carbocycles.